The lowest BCUT2D eigenvalue weighted by Gasteiger charge is -2.09. The van der Waals surface area contributed by atoms with Gasteiger partial charge in [0.25, 0.3) is 5.56 Å². The predicted molar refractivity (Wildman–Crippen MR) is 80.5 cm³/mol. The summed E-state index contributed by atoms with van der Waals surface area (Å²) in [6.07, 6.45) is 1.52. The van der Waals surface area contributed by atoms with Gasteiger partial charge in [0.15, 0.2) is 5.16 Å². The smallest absolute Gasteiger partial charge is 0.251 e. The molecule has 6 heteroatoms. The Hall–Kier alpha value is -1.11. The number of benzene rings is 1. The van der Waals surface area contributed by atoms with Gasteiger partial charge in [-0.2, -0.15) is 0 Å². The van der Waals surface area contributed by atoms with Crippen molar-refractivity contribution in [3.63, 3.8) is 0 Å². The van der Waals surface area contributed by atoms with Gasteiger partial charge in [0.1, 0.15) is 0 Å². The highest BCUT2D eigenvalue weighted by Gasteiger charge is 2.06. The summed E-state index contributed by atoms with van der Waals surface area (Å²) in [4.78, 5) is 19.2. The Labute approximate surface area is 124 Å². The van der Waals surface area contributed by atoms with Crippen LogP contribution in [0.1, 0.15) is 12.5 Å². The van der Waals surface area contributed by atoms with Crippen LogP contribution in [0.2, 0.25) is 0 Å². The van der Waals surface area contributed by atoms with E-state index in [0.29, 0.717) is 5.16 Å². The van der Waals surface area contributed by atoms with Crippen LogP contribution in [0.3, 0.4) is 0 Å². The van der Waals surface area contributed by atoms with Gasteiger partial charge in [0, 0.05) is 28.2 Å². The number of nitrogens with zero attached hydrogens (tertiary/aromatic N) is 1. The zero-order valence-electron chi connectivity index (χ0n) is 10.4. The molecule has 100 valence electrons. The molecule has 0 fully saturated rings. The summed E-state index contributed by atoms with van der Waals surface area (Å²) < 4.78 is 1.01. The highest BCUT2D eigenvalue weighted by molar-refractivity contribution is 9.10. The molecule has 0 aliphatic rings. The van der Waals surface area contributed by atoms with Crippen molar-refractivity contribution in [3.8, 4) is 0 Å². The minimum atomic E-state index is -0.138. The van der Waals surface area contributed by atoms with Crippen LogP contribution in [-0.4, -0.2) is 16.5 Å². The lowest BCUT2D eigenvalue weighted by Crippen LogP contribution is -2.12. The summed E-state index contributed by atoms with van der Waals surface area (Å²) in [5.74, 6) is 0. The van der Waals surface area contributed by atoms with Crippen molar-refractivity contribution in [1.29, 1.82) is 0 Å². The van der Waals surface area contributed by atoms with Gasteiger partial charge in [-0.3, -0.25) is 4.79 Å². The zero-order valence-corrected chi connectivity index (χ0v) is 12.8. The van der Waals surface area contributed by atoms with Gasteiger partial charge in [0.2, 0.25) is 0 Å². The average molecular weight is 340 g/mol. The fourth-order valence-electron chi connectivity index (χ4n) is 1.54. The topological polar surface area (TPSA) is 57.8 Å². The number of aromatic amines is 1. The number of nitrogens with one attached hydrogen (secondary N) is 2. The third-order valence-electron chi connectivity index (χ3n) is 2.45. The first-order valence-corrected chi connectivity index (χ1v) is 7.52. The summed E-state index contributed by atoms with van der Waals surface area (Å²) in [6, 6.07) is 7.52. The van der Waals surface area contributed by atoms with Gasteiger partial charge in [-0.25, -0.2) is 4.98 Å². The van der Waals surface area contributed by atoms with Crippen molar-refractivity contribution in [1.82, 2.24) is 15.3 Å². The monoisotopic (exact) mass is 339 g/mol. The van der Waals surface area contributed by atoms with E-state index in [1.807, 2.05) is 12.1 Å². The van der Waals surface area contributed by atoms with E-state index < -0.39 is 0 Å². The largest absolute Gasteiger partial charge is 0.313 e. The second kappa shape index (κ2) is 6.88. The standard InChI is InChI=1S/C13H14BrN3OS/c1-2-15-8-9-3-4-10(14)7-11(9)19-13-16-6-5-12(18)17-13/h3-7,15H,2,8H2,1H3,(H,16,17,18). The molecular formula is C13H14BrN3OS. The van der Waals surface area contributed by atoms with E-state index in [-0.39, 0.29) is 5.56 Å². The quantitative estimate of drug-likeness (QED) is 0.822. The maximum Gasteiger partial charge on any atom is 0.251 e. The SMILES string of the molecule is CCNCc1ccc(Br)cc1Sc1nccc(=O)[nH]1. The summed E-state index contributed by atoms with van der Waals surface area (Å²) in [5, 5.41) is 3.90. The van der Waals surface area contributed by atoms with Crippen molar-refractivity contribution in [2.75, 3.05) is 6.54 Å². The zero-order chi connectivity index (χ0) is 13.7. The molecule has 1 aromatic heterocycles. The van der Waals surface area contributed by atoms with E-state index in [1.54, 1.807) is 0 Å². The third kappa shape index (κ3) is 4.19. The van der Waals surface area contributed by atoms with Gasteiger partial charge in [-0.05, 0) is 24.2 Å². The molecule has 0 aliphatic carbocycles. The minimum Gasteiger partial charge on any atom is -0.313 e. The molecule has 0 spiro atoms. The molecule has 19 heavy (non-hydrogen) atoms. The number of rotatable bonds is 5. The van der Waals surface area contributed by atoms with E-state index in [0.717, 1.165) is 22.5 Å². The van der Waals surface area contributed by atoms with Crippen LogP contribution in [0.15, 0.2) is 49.8 Å². The molecule has 2 rings (SSSR count). The molecule has 4 nitrogen and oxygen atoms in total. The van der Waals surface area contributed by atoms with Crippen molar-refractivity contribution in [2.45, 2.75) is 23.5 Å². The molecule has 2 aromatic rings. The van der Waals surface area contributed by atoms with Gasteiger partial charge in [0.05, 0.1) is 0 Å². The van der Waals surface area contributed by atoms with Crippen molar-refractivity contribution in [3.05, 3.63) is 50.9 Å². The van der Waals surface area contributed by atoms with Crippen LogP contribution >= 0.6 is 27.7 Å². The fraction of sp³-hybridized carbons (Fsp3) is 0.231. The van der Waals surface area contributed by atoms with E-state index in [1.165, 1.54) is 29.6 Å². The Balaban J connectivity index is 2.27. The first-order chi connectivity index (χ1) is 9.19. The molecule has 0 bridgehead atoms. The number of hydrogen-bond acceptors (Lipinski definition) is 4. The Bertz CT molecular complexity index is 615. The lowest BCUT2D eigenvalue weighted by molar-refractivity contribution is 0.717. The highest BCUT2D eigenvalue weighted by Crippen LogP contribution is 2.30. The van der Waals surface area contributed by atoms with Crippen LogP contribution in [0.4, 0.5) is 0 Å². The second-order valence-corrected chi connectivity index (χ2v) is 5.82. The van der Waals surface area contributed by atoms with Gasteiger partial charge < -0.3 is 10.3 Å². The van der Waals surface area contributed by atoms with Crippen molar-refractivity contribution in [2.24, 2.45) is 0 Å². The van der Waals surface area contributed by atoms with E-state index in [9.17, 15) is 4.79 Å². The Morgan fingerprint density at radius 1 is 1.42 bits per heavy atom. The Kier molecular flexibility index (Phi) is 5.18. The first-order valence-electron chi connectivity index (χ1n) is 5.91. The van der Waals surface area contributed by atoms with Crippen LogP contribution in [-0.2, 0) is 6.54 Å². The molecule has 0 saturated heterocycles. The molecule has 1 heterocycles. The van der Waals surface area contributed by atoms with Crippen LogP contribution in [0, 0.1) is 0 Å². The number of H-pyrrole nitrogens is 1. The predicted octanol–water partition coefficient (Wildman–Crippen LogP) is 2.79. The summed E-state index contributed by atoms with van der Waals surface area (Å²) in [5.41, 5.74) is 1.04. The summed E-state index contributed by atoms with van der Waals surface area (Å²) in [7, 11) is 0. The fourth-order valence-corrected chi connectivity index (χ4v) is 2.98. The Morgan fingerprint density at radius 2 is 2.26 bits per heavy atom. The van der Waals surface area contributed by atoms with Crippen molar-refractivity contribution < 1.29 is 0 Å². The molecule has 0 amide bonds. The molecule has 2 N–H and O–H groups in total. The van der Waals surface area contributed by atoms with Gasteiger partial charge in [-0.15, -0.1) is 0 Å². The van der Waals surface area contributed by atoms with Gasteiger partial charge >= 0.3 is 0 Å². The van der Waals surface area contributed by atoms with Crippen LogP contribution in [0.5, 0.6) is 0 Å². The van der Waals surface area contributed by atoms with Gasteiger partial charge in [-0.1, -0.05) is 40.7 Å². The van der Waals surface area contributed by atoms with E-state index in [4.69, 9.17) is 0 Å². The molecule has 0 radical (unpaired) electrons. The minimum absolute atomic E-state index is 0.138. The molecule has 0 saturated carbocycles. The number of aromatic nitrogens is 2. The molecule has 0 unspecified atom stereocenters. The number of halogens is 1. The maximum atomic E-state index is 11.3. The molecule has 0 atom stereocenters. The normalized spacial score (nSPS) is 10.6. The summed E-state index contributed by atoms with van der Waals surface area (Å²) >= 11 is 4.92. The molecular weight excluding hydrogens is 326 g/mol. The van der Waals surface area contributed by atoms with Crippen LogP contribution in [0.25, 0.3) is 0 Å². The molecule has 1 aromatic carbocycles. The average Bonchev–Trinajstić information content (AvgIpc) is 2.38. The summed E-state index contributed by atoms with van der Waals surface area (Å²) in [6.45, 7) is 3.78. The first kappa shape index (κ1) is 14.3. The third-order valence-corrected chi connectivity index (χ3v) is 3.94. The van der Waals surface area contributed by atoms with E-state index >= 15 is 0 Å². The van der Waals surface area contributed by atoms with E-state index in [2.05, 4.69) is 44.2 Å². The second-order valence-electron chi connectivity index (χ2n) is 3.87. The maximum absolute atomic E-state index is 11.3. The Morgan fingerprint density at radius 3 is 3.00 bits per heavy atom. The molecule has 0 aliphatic heterocycles. The highest BCUT2D eigenvalue weighted by atomic mass is 79.9. The lowest BCUT2D eigenvalue weighted by atomic mass is 10.2. The number of hydrogen-bond donors (Lipinski definition) is 2. The van der Waals surface area contributed by atoms with Crippen molar-refractivity contribution >= 4 is 27.7 Å². The van der Waals surface area contributed by atoms with Crippen LogP contribution < -0.4 is 10.9 Å².